The molecule has 0 atom stereocenters. The Kier molecular flexibility index (Phi) is 3.91. The van der Waals surface area contributed by atoms with Crippen molar-refractivity contribution < 1.29 is 0 Å². The van der Waals surface area contributed by atoms with E-state index in [1.165, 1.54) is 68.6 Å². The number of fused-ring (bicyclic) bond motifs is 1. The summed E-state index contributed by atoms with van der Waals surface area (Å²) in [6.45, 7) is 8.31. The number of hydrogen-bond donors (Lipinski definition) is 1. The van der Waals surface area contributed by atoms with E-state index in [-0.39, 0.29) is 0 Å². The lowest BCUT2D eigenvalue weighted by Crippen LogP contribution is -2.56. The fraction of sp³-hybridized carbons (Fsp3) is 0.667. The van der Waals surface area contributed by atoms with Crippen molar-refractivity contribution in [1.82, 2.24) is 0 Å². The highest BCUT2D eigenvalue weighted by Crippen LogP contribution is 2.42. The Morgan fingerprint density at radius 1 is 1.15 bits per heavy atom. The highest BCUT2D eigenvalue weighted by molar-refractivity contribution is 5.62. The number of benzene rings is 1. The summed E-state index contributed by atoms with van der Waals surface area (Å²) >= 11 is 0. The van der Waals surface area contributed by atoms with Crippen molar-refractivity contribution in [2.45, 2.75) is 52.4 Å². The molecule has 2 aliphatic heterocycles. The van der Waals surface area contributed by atoms with E-state index < -0.39 is 0 Å². The first-order valence-corrected chi connectivity index (χ1v) is 8.38. The minimum Gasteiger partial charge on any atom is -0.385 e. The van der Waals surface area contributed by atoms with Gasteiger partial charge in [0, 0.05) is 36.4 Å². The zero-order valence-electron chi connectivity index (χ0n) is 13.0. The van der Waals surface area contributed by atoms with Crippen LogP contribution in [0.5, 0.6) is 0 Å². The fourth-order valence-electron chi connectivity index (χ4n) is 4.11. The predicted octanol–water partition coefficient (Wildman–Crippen LogP) is 4.45. The molecule has 2 heterocycles. The summed E-state index contributed by atoms with van der Waals surface area (Å²) in [6, 6.07) is 7.01. The molecule has 0 unspecified atom stereocenters. The maximum Gasteiger partial charge on any atom is 0.0374 e. The lowest BCUT2D eigenvalue weighted by Gasteiger charge is -2.52. The van der Waals surface area contributed by atoms with Crippen molar-refractivity contribution >= 4 is 11.4 Å². The van der Waals surface area contributed by atoms with E-state index in [0.717, 1.165) is 6.54 Å². The number of anilines is 2. The van der Waals surface area contributed by atoms with Crippen molar-refractivity contribution in [2.75, 3.05) is 29.9 Å². The van der Waals surface area contributed by atoms with E-state index in [1.54, 1.807) is 0 Å². The van der Waals surface area contributed by atoms with Crippen LogP contribution in [0.25, 0.3) is 0 Å². The standard InChI is InChI=1S/C18H28N2/c1-3-9-18(10-4-2)13-20(14-18)16-7-8-17-15(12-16)6-5-11-19-17/h7-8,12,19H,3-6,9-11,13-14H2,1-2H3. The molecule has 0 bridgehead atoms. The topological polar surface area (TPSA) is 15.3 Å². The van der Waals surface area contributed by atoms with Crippen LogP contribution in [-0.2, 0) is 6.42 Å². The second-order valence-electron chi connectivity index (χ2n) is 6.73. The van der Waals surface area contributed by atoms with Crippen molar-refractivity contribution in [3.8, 4) is 0 Å². The van der Waals surface area contributed by atoms with Gasteiger partial charge in [0.25, 0.3) is 0 Å². The summed E-state index contributed by atoms with van der Waals surface area (Å²) < 4.78 is 0. The van der Waals surface area contributed by atoms with Crippen LogP contribution in [0.1, 0.15) is 51.5 Å². The lowest BCUT2D eigenvalue weighted by atomic mass is 9.72. The second-order valence-corrected chi connectivity index (χ2v) is 6.73. The lowest BCUT2D eigenvalue weighted by molar-refractivity contribution is 0.173. The smallest absolute Gasteiger partial charge is 0.0374 e. The van der Waals surface area contributed by atoms with Crippen LogP contribution in [0, 0.1) is 5.41 Å². The number of nitrogens with zero attached hydrogens (tertiary/aromatic N) is 1. The first kappa shape index (κ1) is 13.8. The number of nitrogens with one attached hydrogen (secondary N) is 1. The monoisotopic (exact) mass is 272 g/mol. The van der Waals surface area contributed by atoms with Crippen LogP contribution in [0.3, 0.4) is 0 Å². The van der Waals surface area contributed by atoms with Gasteiger partial charge < -0.3 is 10.2 Å². The number of aryl methyl sites for hydroxylation is 1. The molecule has 3 rings (SSSR count). The molecule has 1 fully saturated rings. The molecule has 2 nitrogen and oxygen atoms in total. The Bertz CT molecular complexity index is 452. The van der Waals surface area contributed by atoms with Gasteiger partial charge in [0.15, 0.2) is 0 Å². The van der Waals surface area contributed by atoms with E-state index in [4.69, 9.17) is 0 Å². The summed E-state index contributed by atoms with van der Waals surface area (Å²) in [7, 11) is 0. The van der Waals surface area contributed by atoms with Gasteiger partial charge in [-0.2, -0.15) is 0 Å². The average molecular weight is 272 g/mol. The molecule has 2 aliphatic rings. The molecule has 0 aromatic heterocycles. The van der Waals surface area contributed by atoms with E-state index in [1.807, 2.05) is 0 Å². The summed E-state index contributed by atoms with van der Waals surface area (Å²) in [5.41, 5.74) is 4.92. The number of hydrogen-bond acceptors (Lipinski definition) is 2. The Balaban J connectivity index is 1.69. The molecule has 1 N–H and O–H groups in total. The van der Waals surface area contributed by atoms with Gasteiger partial charge in [0.05, 0.1) is 0 Å². The summed E-state index contributed by atoms with van der Waals surface area (Å²) in [5.74, 6) is 0. The molecule has 110 valence electrons. The largest absolute Gasteiger partial charge is 0.385 e. The van der Waals surface area contributed by atoms with Crippen LogP contribution < -0.4 is 10.2 Å². The Morgan fingerprint density at radius 3 is 2.60 bits per heavy atom. The molecule has 0 aliphatic carbocycles. The molecule has 0 radical (unpaired) electrons. The third kappa shape index (κ3) is 2.53. The summed E-state index contributed by atoms with van der Waals surface area (Å²) in [5, 5.41) is 3.50. The van der Waals surface area contributed by atoms with E-state index in [9.17, 15) is 0 Å². The van der Waals surface area contributed by atoms with Gasteiger partial charge in [-0.3, -0.25) is 0 Å². The van der Waals surface area contributed by atoms with E-state index >= 15 is 0 Å². The molecule has 0 saturated carbocycles. The molecule has 0 spiro atoms. The second kappa shape index (κ2) is 5.67. The van der Waals surface area contributed by atoms with Crippen molar-refractivity contribution in [1.29, 1.82) is 0 Å². The summed E-state index contributed by atoms with van der Waals surface area (Å²) in [4.78, 5) is 2.58. The van der Waals surface area contributed by atoms with E-state index in [2.05, 4.69) is 42.3 Å². The molecular formula is C18H28N2. The molecule has 1 aromatic rings. The zero-order chi connectivity index (χ0) is 14.0. The van der Waals surface area contributed by atoms with Gasteiger partial charge in [-0.05, 0) is 49.4 Å². The van der Waals surface area contributed by atoms with E-state index in [0.29, 0.717) is 5.41 Å². The fourth-order valence-corrected chi connectivity index (χ4v) is 4.11. The summed E-state index contributed by atoms with van der Waals surface area (Å²) in [6.07, 6.45) is 7.93. The normalized spacial score (nSPS) is 20.0. The van der Waals surface area contributed by atoms with Crippen LogP contribution in [0.2, 0.25) is 0 Å². The molecule has 0 amide bonds. The first-order chi connectivity index (χ1) is 9.76. The van der Waals surface area contributed by atoms with Gasteiger partial charge in [-0.25, -0.2) is 0 Å². The van der Waals surface area contributed by atoms with Crippen molar-refractivity contribution in [3.63, 3.8) is 0 Å². The minimum atomic E-state index is 0.609. The third-order valence-corrected chi connectivity index (χ3v) is 5.01. The van der Waals surface area contributed by atoms with Gasteiger partial charge in [0.2, 0.25) is 0 Å². The maximum atomic E-state index is 3.50. The van der Waals surface area contributed by atoms with Gasteiger partial charge in [-0.15, -0.1) is 0 Å². The molecular weight excluding hydrogens is 244 g/mol. The highest BCUT2D eigenvalue weighted by Gasteiger charge is 2.41. The van der Waals surface area contributed by atoms with Crippen LogP contribution in [0.4, 0.5) is 11.4 Å². The molecule has 20 heavy (non-hydrogen) atoms. The average Bonchev–Trinajstić information content (AvgIpc) is 2.44. The Hall–Kier alpha value is -1.18. The first-order valence-electron chi connectivity index (χ1n) is 8.38. The minimum absolute atomic E-state index is 0.609. The highest BCUT2D eigenvalue weighted by atomic mass is 15.2. The Morgan fingerprint density at radius 2 is 1.90 bits per heavy atom. The van der Waals surface area contributed by atoms with Crippen molar-refractivity contribution in [2.24, 2.45) is 5.41 Å². The Labute approximate surface area is 123 Å². The predicted molar refractivity (Wildman–Crippen MR) is 87.7 cm³/mol. The SMILES string of the molecule is CCCC1(CCC)CN(c2ccc3c(c2)CCCN3)C1. The number of rotatable bonds is 5. The van der Waals surface area contributed by atoms with Crippen LogP contribution in [-0.4, -0.2) is 19.6 Å². The van der Waals surface area contributed by atoms with Crippen LogP contribution >= 0.6 is 0 Å². The van der Waals surface area contributed by atoms with Crippen molar-refractivity contribution in [3.05, 3.63) is 23.8 Å². The molecule has 1 saturated heterocycles. The van der Waals surface area contributed by atoms with Gasteiger partial charge >= 0.3 is 0 Å². The van der Waals surface area contributed by atoms with Gasteiger partial charge in [-0.1, -0.05) is 26.7 Å². The zero-order valence-corrected chi connectivity index (χ0v) is 13.0. The quantitative estimate of drug-likeness (QED) is 0.852. The third-order valence-electron chi connectivity index (χ3n) is 5.01. The van der Waals surface area contributed by atoms with Gasteiger partial charge in [0.1, 0.15) is 0 Å². The van der Waals surface area contributed by atoms with Crippen LogP contribution in [0.15, 0.2) is 18.2 Å². The molecule has 2 heteroatoms. The maximum absolute atomic E-state index is 3.50. The molecule has 1 aromatic carbocycles.